The molecule has 0 amide bonds. The van der Waals surface area contributed by atoms with Gasteiger partial charge in [0.2, 0.25) is 0 Å². The van der Waals surface area contributed by atoms with Crippen LogP contribution in [0, 0.1) is 0 Å². The van der Waals surface area contributed by atoms with Crippen molar-refractivity contribution in [2.45, 2.75) is 135 Å². The van der Waals surface area contributed by atoms with Crippen LogP contribution in [0.5, 0.6) is 0 Å². The lowest BCUT2D eigenvalue weighted by atomic mass is 10.0. The van der Waals surface area contributed by atoms with Gasteiger partial charge in [0, 0.05) is 20.1 Å². The van der Waals surface area contributed by atoms with Crippen LogP contribution in [0.4, 0.5) is 0 Å². The van der Waals surface area contributed by atoms with E-state index in [0.29, 0.717) is 24.1 Å². The van der Waals surface area contributed by atoms with Gasteiger partial charge in [0.25, 0.3) is 0 Å². The minimum absolute atomic E-state index is 0.0692. The maximum Gasteiger partial charge on any atom is 0.385 e. The SMILES string of the molecule is CCCCCCCCCCCCCCCCCCOCC(COP(=O)(O)C(CC)[N+](C)(C)C)OC. The van der Waals surface area contributed by atoms with E-state index in [1.165, 1.54) is 96.3 Å². The summed E-state index contributed by atoms with van der Waals surface area (Å²) in [5, 5.41) is 0. The number of rotatable bonds is 26. The normalized spacial score (nSPS) is 15.7. The highest BCUT2D eigenvalue weighted by Crippen LogP contribution is 2.51. The Kier molecular flexibility index (Phi) is 22.1. The molecule has 0 rings (SSSR count). The van der Waals surface area contributed by atoms with Crippen LogP contribution < -0.4 is 0 Å². The zero-order chi connectivity index (χ0) is 26.4. The number of hydrogen-bond donors (Lipinski definition) is 1. The van der Waals surface area contributed by atoms with Crippen molar-refractivity contribution in [1.82, 2.24) is 0 Å². The average Bonchev–Trinajstić information content (AvgIpc) is 2.79. The number of quaternary nitrogens is 1. The third kappa shape index (κ3) is 19.8. The van der Waals surface area contributed by atoms with Crippen molar-refractivity contribution in [3.63, 3.8) is 0 Å². The van der Waals surface area contributed by atoms with E-state index in [1.807, 2.05) is 28.1 Å². The minimum Gasteiger partial charge on any atom is -0.379 e. The molecule has 3 unspecified atom stereocenters. The van der Waals surface area contributed by atoms with Crippen LogP contribution in [-0.4, -0.2) is 69.3 Å². The monoisotopic (exact) mass is 522 g/mol. The van der Waals surface area contributed by atoms with E-state index in [9.17, 15) is 9.46 Å². The van der Waals surface area contributed by atoms with Gasteiger partial charge in [-0.05, 0) is 6.42 Å². The van der Waals surface area contributed by atoms with Crippen LogP contribution in [0.25, 0.3) is 0 Å². The van der Waals surface area contributed by atoms with E-state index in [1.54, 1.807) is 7.11 Å². The molecule has 0 spiro atoms. The van der Waals surface area contributed by atoms with Gasteiger partial charge in [-0.1, -0.05) is 110 Å². The number of methoxy groups -OCH3 is 1. The second-order valence-electron chi connectivity index (χ2n) is 11.1. The van der Waals surface area contributed by atoms with Gasteiger partial charge in [0.1, 0.15) is 6.10 Å². The molecule has 212 valence electrons. The van der Waals surface area contributed by atoms with Crippen LogP contribution in [0.2, 0.25) is 0 Å². The Morgan fingerprint density at radius 3 is 1.51 bits per heavy atom. The van der Waals surface area contributed by atoms with Gasteiger partial charge in [-0.25, -0.2) is 0 Å². The number of nitrogens with zero attached hydrogens (tertiary/aromatic N) is 1. The lowest BCUT2D eigenvalue weighted by Crippen LogP contribution is -2.45. The van der Waals surface area contributed by atoms with Crippen molar-refractivity contribution in [1.29, 1.82) is 0 Å². The highest BCUT2D eigenvalue weighted by Gasteiger charge is 2.41. The fourth-order valence-corrected chi connectivity index (χ4v) is 6.53. The molecule has 0 saturated heterocycles. The molecule has 35 heavy (non-hydrogen) atoms. The molecule has 0 aliphatic heterocycles. The maximum atomic E-state index is 12.7. The molecular weight excluding hydrogens is 461 g/mol. The fourth-order valence-electron chi connectivity index (χ4n) is 4.64. The molecule has 0 aromatic carbocycles. The predicted molar refractivity (Wildman–Crippen MR) is 149 cm³/mol. The predicted octanol–water partition coefficient (Wildman–Crippen LogP) is 7.92. The van der Waals surface area contributed by atoms with Gasteiger partial charge in [-0.2, -0.15) is 0 Å². The summed E-state index contributed by atoms with van der Waals surface area (Å²) in [6.07, 6.45) is 21.9. The number of ether oxygens (including phenoxy) is 2. The van der Waals surface area contributed by atoms with Crippen molar-refractivity contribution in [2.24, 2.45) is 0 Å². The van der Waals surface area contributed by atoms with Gasteiger partial charge in [0.05, 0.1) is 34.4 Å². The molecule has 0 aliphatic rings. The Bertz CT molecular complexity index is 512. The summed E-state index contributed by atoms with van der Waals surface area (Å²) >= 11 is 0. The first-order chi connectivity index (χ1) is 16.7. The zero-order valence-electron chi connectivity index (χ0n) is 24.3. The van der Waals surface area contributed by atoms with Gasteiger partial charge >= 0.3 is 7.60 Å². The van der Waals surface area contributed by atoms with Crippen LogP contribution in [-0.2, 0) is 18.6 Å². The smallest absolute Gasteiger partial charge is 0.379 e. The summed E-state index contributed by atoms with van der Waals surface area (Å²) in [7, 11) is 3.59. The van der Waals surface area contributed by atoms with Crippen LogP contribution in [0.1, 0.15) is 123 Å². The van der Waals surface area contributed by atoms with E-state index in [0.717, 1.165) is 6.42 Å². The molecule has 3 atom stereocenters. The molecule has 0 radical (unpaired) electrons. The van der Waals surface area contributed by atoms with Crippen LogP contribution in [0.15, 0.2) is 0 Å². The summed E-state index contributed by atoms with van der Waals surface area (Å²) in [5.41, 5.74) is 0. The molecule has 0 fully saturated rings. The first-order valence-electron chi connectivity index (χ1n) is 14.6. The van der Waals surface area contributed by atoms with Crippen LogP contribution in [0.3, 0.4) is 0 Å². The third-order valence-corrected chi connectivity index (χ3v) is 9.19. The third-order valence-electron chi connectivity index (χ3n) is 6.86. The quantitative estimate of drug-likeness (QED) is 0.0710. The van der Waals surface area contributed by atoms with E-state index in [2.05, 4.69) is 6.92 Å². The van der Waals surface area contributed by atoms with Crippen molar-refractivity contribution >= 4 is 7.60 Å². The van der Waals surface area contributed by atoms with Crippen molar-refractivity contribution < 1.29 is 27.9 Å². The van der Waals surface area contributed by atoms with Crippen molar-refractivity contribution in [3.05, 3.63) is 0 Å². The molecule has 0 aromatic heterocycles. The second-order valence-corrected chi connectivity index (χ2v) is 13.1. The summed E-state index contributed by atoms with van der Waals surface area (Å²) in [4.78, 5) is 10.4. The molecule has 6 nitrogen and oxygen atoms in total. The standard InChI is InChI=1S/C28H60NO5P/c1-7-9-10-11-12-13-14-15-16-17-18-19-20-21-22-23-24-33-25-27(32-6)26-34-35(30,31)28(8-2)29(3,4)5/h27-28H,7-26H2,1-6H3/p+1. The average molecular weight is 523 g/mol. The Morgan fingerprint density at radius 1 is 0.714 bits per heavy atom. The number of unbranched alkanes of at least 4 members (excludes halogenated alkanes) is 15. The van der Waals surface area contributed by atoms with Gasteiger partial charge in [-0.15, -0.1) is 0 Å². The molecule has 0 aromatic rings. The van der Waals surface area contributed by atoms with Crippen LogP contribution >= 0.6 is 7.60 Å². The molecule has 0 bridgehead atoms. The molecule has 0 saturated carbocycles. The molecule has 0 aliphatic carbocycles. The first-order valence-corrected chi connectivity index (χ1v) is 16.2. The lowest BCUT2D eigenvalue weighted by Gasteiger charge is -2.35. The number of hydrogen-bond acceptors (Lipinski definition) is 4. The first kappa shape index (κ1) is 35.0. The zero-order valence-corrected chi connectivity index (χ0v) is 25.2. The van der Waals surface area contributed by atoms with E-state index in [4.69, 9.17) is 14.0 Å². The Balaban J connectivity index is 3.62. The summed E-state index contributed by atoms with van der Waals surface area (Å²) in [6, 6.07) is 0. The maximum absolute atomic E-state index is 12.7. The van der Waals surface area contributed by atoms with Gasteiger partial charge < -0.3 is 23.4 Å². The molecular formula is C28H61NO5P+. The van der Waals surface area contributed by atoms with E-state index in [-0.39, 0.29) is 12.7 Å². The summed E-state index contributed by atoms with van der Waals surface area (Å²) in [6.45, 7) is 5.35. The fraction of sp³-hybridized carbons (Fsp3) is 1.00. The van der Waals surface area contributed by atoms with Gasteiger partial charge in [-0.3, -0.25) is 4.57 Å². The van der Waals surface area contributed by atoms with Gasteiger partial charge in [0.15, 0.2) is 5.78 Å². The second kappa shape index (κ2) is 22.1. The molecule has 7 heteroatoms. The summed E-state index contributed by atoms with van der Waals surface area (Å²) < 4.78 is 29.6. The topological polar surface area (TPSA) is 65.0 Å². The summed E-state index contributed by atoms with van der Waals surface area (Å²) in [5.74, 6) is -0.453. The lowest BCUT2D eigenvalue weighted by molar-refractivity contribution is -0.883. The highest BCUT2D eigenvalue weighted by atomic mass is 31.2. The van der Waals surface area contributed by atoms with E-state index < -0.39 is 13.4 Å². The Hall–Kier alpha value is 0.0300. The minimum atomic E-state index is -3.73. The Labute approximate surface area is 218 Å². The van der Waals surface area contributed by atoms with Crippen molar-refractivity contribution in [2.75, 3.05) is 48.1 Å². The largest absolute Gasteiger partial charge is 0.385 e. The highest BCUT2D eigenvalue weighted by molar-refractivity contribution is 7.53. The molecule has 0 heterocycles. The molecule has 1 N–H and O–H groups in total. The van der Waals surface area contributed by atoms with Crippen molar-refractivity contribution in [3.8, 4) is 0 Å². The Morgan fingerprint density at radius 2 is 1.14 bits per heavy atom. The van der Waals surface area contributed by atoms with E-state index >= 15 is 0 Å².